The maximum atomic E-state index is 10.2. The van der Waals surface area contributed by atoms with E-state index in [0.29, 0.717) is 17.1 Å². The molecule has 2 N–H and O–H groups in total. The van der Waals surface area contributed by atoms with Crippen molar-refractivity contribution in [2.75, 3.05) is 0 Å². The fraction of sp³-hybridized carbons (Fsp3) is 0.579. The maximum Gasteiger partial charge on any atom is 0.115 e. The molecular weight excluding hydrogens is 260 g/mol. The van der Waals surface area contributed by atoms with E-state index >= 15 is 0 Å². The van der Waals surface area contributed by atoms with E-state index in [-0.39, 0.29) is 6.10 Å². The second-order valence-corrected chi connectivity index (χ2v) is 7.21. The highest BCUT2D eigenvalue weighted by atomic mass is 16.3. The van der Waals surface area contributed by atoms with E-state index in [0.717, 1.165) is 32.1 Å². The number of aliphatic hydroxyl groups excluding tert-OH is 1. The highest BCUT2D eigenvalue weighted by Gasteiger charge is 2.49. The third kappa shape index (κ3) is 1.88. The Hall–Kier alpha value is -1.28. The minimum atomic E-state index is -0.108. The van der Waals surface area contributed by atoms with E-state index in [1.54, 1.807) is 5.57 Å². The van der Waals surface area contributed by atoms with Gasteiger partial charge in [-0.25, -0.2) is 0 Å². The van der Waals surface area contributed by atoms with Gasteiger partial charge >= 0.3 is 0 Å². The molecule has 0 spiro atoms. The lowest BCUT2D eigenvalue weighted by atomic mass is 9.61. The monoisotopic (exact) mass is 284 g/mol. The van der Waals surface area contributed by atoms with Crippen LogP contribution < -0.4 is 0 Å². The molecule has 2 heteroatoms. The van der Waals surface area contributed by atoms with Crippen LogP contribution in [0.5, 0.6) is 5.75 Å². The van der Waals surface area contributed by atoms with Gasteiger partial charge in [0.05, 0.1) is 6.10 Å². The van der Waals surface area contributed by atoms with E-state index < -0.39 is 0 Å². The van der Waals surface area contributed by atoms with E-state index in [2.05, 4.69) is 13.0 Å². The molecule has 1 fully saturated rings. The van der Waals surface area contributed by atoms with Gasteiger partial charge in [0.2, 0.25) is 0 Å². The zero-order chi connectivity index (χ0) is 14.6. The van der Waals surface area contributed by atoms with Crippen molar-refractivity contribution in [1.29, 1.82) is 0 Å². The summed E-state index contributed by atoms with van der Waals surface area (Å²) in [7, 11) is 0. The first-order valence-electron chi connectivity index (χ1n) is 8.35. The smallest absolute Gasteiger partial charge is 0.115 e. The molecule has 0 unspecified atom stereocenters. The van der Waals surface area contributed by atoms with Crippen molar-refractivity contribution in [3.05, 3.63) is 34.9 Å². The first-order chi connectivity index (χ1) is 10.1. The van der Waals surface area contributed by atoms with Gasteiger partial charge in [-0.15, -0.1) is 0 Å². The summed E-state index contributed by atoms with van der Waals surface area (Å²) in [6, 6.07) is 5.85. The first kappa shape index (κ1) is 13.4. The van der Waals surface area contributed by atoms with Crippen molar-refractivity contribution in [3.8, 4) is 5.75 Å². The molecule has 0 amide bonds. The number of hydrogen-bond donors (Lipinski definition) is 2. The second kappa shape index (κ2) is 4.61. The predicted octanol–water partition coefficient (Wildman–Crippen LogP) is 4.05. The van der Waals surface area contributed by atoms with Gasteiger partial charge in [0, 0.05) is 0 Å². The Morgan fingerprint density at radius 2 is 2.10 bits per heavy atom. The van der Waals surface area contributed by atoms with Crippen molar-refractivity contribution in [3.63, 3.8) is 0 Å². The summed E-state index contributed by atoms with van der Waals surface area (Å²) in [4.78, 5) is 0. The summed E-state index contributed by atoms with van der Waals surface area (Å²) in [5, 5.41) is 19.9. The number of hydrogen-bond acceptors (Lipinski definition) is 2. The van der Waals surface area contributed by atoms with Crippen LogP contribution in [0.15, 0.2) is 23.8 Å². The minimum absolute atomic E-state index is 0.108. The molecule has 21 heavy (non-hydrogen) atoms. The van der Waals surface area contributed by atoms with Gasteiger partial charge in [-0.05, 0) is 85.1 Å². The zero-order valence-corrected chi connectivity index (χ0v) is 12.7. The zero-order valence-electron chi connectivity index (χ0n) is 12.7. The molecule has 2 nitrogen and oxygen atoms in total. The van der Waals surface area contributed by atoms with Crippen LogP contribution >= 0.6 is 0 Å². The van der Waals surface area contributed by atoms with Gasteiger partial charge in [0.25, 0.3) is 0 Å². The molecule has 1 aromatic rings. The molecule has 1 saturated carbocycles. The Bertz CT molecular complexity index is 616. The van der Waals surface area contributed by atoms with Gasteiger partial charge in [-0.2, -0.15) is 0 Å². The van der Waals surface area contributed by atoms with Gasteiger partial charge in [-0.3, -0.25) is 0 Å². The average Bonchev–Trinajstić information content (AvgIpc) is 2.83. The normalized spacial score (nSPS) is 34.4. The number of aryl methyl sites for hydroxylation is 1. The predicted molar refractivity (Wildman–Crippen MR) is 84.0 cm³/mol. The lowest BCUT2D eigenvalue weighted by Crippen LogP contribution is -2.32. The van der Waals surface area contributed by atoms with Crippen molar-refractivity contribution in [1.82, 2.24) is 0 Å². The van der Waals surface area contributed by atoms with Crippen LogP contribution in [0, 0.1) is 11.3 Å². The number of phenolic OH excluding ortho intramolecular Hbond substituents is 1. The van der Waals surface area contributed by atoms with Crippen LogP contribution in [0.3, 0.4) is 0 Å². The molecule has 0 radical (unpaired) electrons. The van der Waals surface area contributed by atoms with E-state index in [9.17, 15) is 10.2 Å². The first-order valence-corrected chi connectivity index (χ1v) is 8.35. The Balaban J connectivity index is 1.81. The average molecular weight is 284 g/mol. The molecule has 0 bridgehead atoms. The standard InChI is InChI=1S/C19H24O2/c1-2-19-8-7-16-15-6-4-13(20)9-12(15)3-5-17(16)18(19)10-14(21)11-19/h4,6,9,14,18,20-21H,2-3,5,7-8,10-11H2,1H3/t14-,18-,19+/m0/s1. The number of rotatable bonds is 1. The van der Waals surface area contributed by atoms with Crippen LogP contribution in [0.2, 0.25) is 0 Å². The molecular formula is C19H24O2. The Kier molecular flexibility index (Phi) is 2.94. The van der Waals surface area contributed by atoms with E-state index in [1.807, 2.05) is 12.1 Å². The van der Waals surface area contributed by atoms with Crippen molar-refractivity contribution in [2.45, 2.75) is 58.0 Å². The second-order valence-electron chi connectivity index (χ2n) is 7.21. The molecule has 4 rings (SSSR count). The molecule has 3 aliphatic carbocycles. The van der Waals surface area contributed by atoms with E-state index in [4.69, 9.17) is 0 Å². The summed E-state index contributed by atoms with van der Waals surface area (Å²) in [5.41, 5.74) is 6.17. The van der Waals surface area contributed by atoms with Gasteiger partial charge < -0.3 is 10.2 Å². The lowest BCUT2D eigenvalue weighted by Gasteiger charge is -2.43. The molecule has 0 saturated heterocycles. The topological polar surface area (TPSA) is 40.5 Å². The third-order valence-corrected chi connectivity index (χ3v) is 6.35. The number of allylic oxidation sites excluding steroid dienone is 2. The summed E-state index contributed by atoms with van der Waals surface area (Å²) in [6.07, 6.45) is 7.54. The van der Waals surface area contributed by atoms with Crippen LogP contribution in [0.1, 0.15) is 56.6 Å². The molecule has 3 atom stereocenters. The summed E-state index contributed by atoms with van der Waals surface area (Å²) >= 11 is 0. The minimum Gasteiger partial charge on any atom is -0.508 e. The van der Waals surface area contributed by atoms with Crippen molar-refractivity contribution in [2.24, 2.45) is 11.3 Å². The fourth-order valence-electron chi connectivity index (χ4n) is 5.30. The van der Waals surface area contributed by atoms with Crippen LogP contribution in [0.4, 0.5) is 0 Å². The SMILES string of the molecule is CC[C@]12CCC3=C(CCc4cc(O)ccc43)[C@@H]1C[C@H](O)C2. The van der Waals surface area contributed by atoms with Crippen molar-refractivity contribution < 1.29 is 10.2 Å². The highest BCUT2D eigenvalue weighted by Crippen LogP contribution is 2.59. The summed E-state index contributed by atoms with van der Waals surface area (Å²) in [5.74, 6) is 0.969. The summed E-state index contributed by atoms with van der Waals surface area (Å²) in [6.45, 7) is 2.30. The largest absolute Gasteiger partial charge is 0.508 e. The Morgan fingerprint density at radius 1 is 1.24 bits per heavy atom. The summed E-state index contributed by atoms with van der Waals surface area (Å²) < 4.78 is 0. The van der Waals surface area contributed by atoms with Crippen LogP contribution in [-0.2, 0) is 6.42 Å². The number of aromatic hydroxyl groups is 1. The fourth-order valence-corrected chi connectivity index (χ4v) is 5.30. The molecule has 0 heterocycles. The Labute approximate surface area is 126 Å². The van der Waals surface area contributed by atoms with Gasteiger partial charge in [0.1, 0.15) is 5.75 Å². The molecule has 112 valence electrons. The molecule has 0 aliphatic heterocycles. The Morgan fingerprint density at radius 3 is 2.90 bits per heavy atom. The van der Waals surface area contributed by atoms with Gasteiger partial charge in [-0.1, -0.05) is 18.6 Å². The lowest BCUT2D eigenvalue weighted by molar-refractivity contribution is 0.145. The molecule has 1 aromatic carbocycles. The van der Waals surface area contributed by atoms with Gasteiger partial charge in [0.15, 0.2) is 0 Å². The molecule has 0 aromatic heterocycles. The molecule has 3 aliphatic rings. The number of aliphatic hydroxyl groups is 1. The third-order valence-electron chi connectivity index (χ3n) is 6.35. The van der Waals surface area contributed by atoms with E-state index in [1.165, 1.54) is 29.5 Å². The number of phenols is 1. The van der Waals surface area contributed by atoms with Crippen LogP contribution in [0.25, 0.3) is 5.57 Å². The quantitative estimate of drug-likeness (QED) is 0.816. The number of fused-ring (bicyclic) bond motifs is 4. The van der Waals surface area contributed by atoms with Crippen LogP contribution in [-0.4, -0.2) is 16.3 Å². The van der Waals surface area contributed by atoms with Crippen molar-refractivity contribution >= 4 is 5.57 Å². The highest BCUT2D eigenvalue weighted by molar-refractivity contribution is 5.75. The number of benzene rings is 1. The maximum absolute atomic E-state index is 10.2.